The first kappa shape index (κ1) is 23.5. The quantitative estimate of drug-likeness (QED) is 0.260. The Bertz CT molecular complexity index is 1490. The van der Waals surface area contributed by atoms with Gasteiger partial charge in [-0.25, -0.2) is 4.79 Å². The van der Waals surface area contributed by atoms with Gasteiger partial charge in [-0.1, -0.05) is 12.1 Å². The maximum absolute atomic E-state index is 13.8. The van der Waals surface area contributed by atoms with Crippen LogP contribution in [0.25, 0.3) is 16.6 Å². The van der Waals surface area contributed by atoms with Gasteiger partial charge in [0.1, 0.15) is 16.8 Å². The predicted molar refractivity (Wildman–Crippen MR) is 135 cm³/mol. The van der Waals surface area contributed by atoms with Crippen LogP contribution in [0.4, 0.5) is 0 Å². The summed E-state index contributed by atoms with van der Waals surface area (Å²) in [4.78, 5) is 26.4. The fraction of sp³-hybridized carbons (Fsp3) is 0.185. The first-order valence-electron chi connectivity index (χ1n) is 11.3. The summed E-state index contributed by atoms with van der Waals surface area (Å²) >= 11 is 1.04. The van der Waals surface area contributed by atoms with E-state index in [1.807, 2.05) is 13.8 Å². The van der Waals surface area contributed by atoms with Gasteiger partial charge in [0.05, 0.1) is 23.4 Å². The van der Waals surface area contributed by atoms with Crippen molar-refractivity contribution in [2.75, 3.05) is 6.79 Å². The summed E-state index contributed by atoms with van der Waals surface area (Å²) in [5, 5.41) is 10.3. The first-order chi connectivity index (χ1) is 17.4. The summed E-state index contributed by atoms with van der Waals surface area (Å²) < 4.78 is 24.9. The molecule has 0 radical (unpaired) electrons. The molecular formula is C27H22N2O6S. The molecule has 9 heteroatoms. The topological polar surface area (TPSA) is 108 Å². The van der Waals surface area contributed by atoms with Crippen molar-refractivity contribution in [3.63, 3.8) is 0 Å². The Labute approximate surface area is 211 Å². The highest BCUT2D eigenvalue weighted by Crippen LogP contribution is 2.35. The highest BCUT2D eigenvalue weighted by molar-refractivity contribution is 7.00. The molecule has 8 nitrogen and oxygen atoms in total. The van der Waals surface area contributed by atoms with E-state index in [-0.39, 0.29) is 30.5 Å². The number of benzene rings is 3. The van der Waals surface area contributed by atoms with Crippen LogP contribution in [0.2, 0.25) is 0 Å². The molecule has 1 aliphatic rings. The summed E-state index contributed by atoms with van der Waals surface area (Å²) in [6.07, 6.45) is 0.0658. The predicted octanol–water partition coefficient (Wildman–Crippen LogP) is 5.17. The number of fused-ring (bicyclic) bond motifs is 2. The lowest BCUT2D eigenvalue weighted by atomic mass is 9.89. The number of carbonyl (C=O) groups excluding carboxylic acids is 1. The Hall–Kier alpha value is -4.24. The minimum atomic E-state index is -1.21. The third-order valence-electron chi connectivity index (χ3n) is 5.64. The lowest BCUT2D eigenvalue weighted by Crippen LogP contribution is -2.14. The molecule has 0 saturated heterocycles. The van der Waals surface area contributed by atoms with Crippen LogP contribution in [-0.4, -0.2) is 38.5 Å². The minimum absolute atomic E-state index is 0.0123. The average Bonchev–Trinajstić information content (AvgIpc) is 3.52. The van der Waals surface area contributed by atoms with E-state index in [0.717, 1.165) is 17.3 Å². The number of carboxylic acid groups (broad SMARTS) is 1. The van der Waals surface area contributed by atoms with Crippen LogP contribution in [0.3, 0.4) is 0 Å². The van der Waals surface area contributed by atoms with Crippen LogP contribution in [0, 0.1) is 0 Å². The van der Waals surface area contributed by atoms with Gasteiger partial charge < -0.3 is 19.3 Å². The molecule has 1 N–H and O–H groups in total. The molecule has 1 aliphatic heterocycles. The Morgan fingerprint density at radius 1 is 0.944 bits per heavy atom. The van der Waals surface area contributed by atoms with Gasteiger partial charge in [0.15, 0.2) is 17.3 Å². The Kier molecular flexibility index (Phi) is 6.39. The lowest BCUT2D eigenvalue weighted by Gasteiger charge is -2.14. The van der Waals surface area contributed by atoms with Crippen molar-refractivity contribution in [3.8, 4) is 17.2 Å². The molecule has 1 aromatic heterocycles. The fourth-order valence-electron chi connectivity index (χ4n) is 4.03. The molecule has 36 heavy (non-hydrogen) atoms. The number of nitrogens with zero attached hydrogens (tertiary/aromatic N) is 2. The molecule has 3 aromatic carbocycles. The molecule has 0 bridgehead atoms. The Morgan fingerprint density at radius 2 is 1.67 bits per heavy atom. The van der Waals surface area contributed by atoms with Gasteiger partial charge in [0.25, 0.3) is 0 Å². The van der Waals surface area contributed by atoms with Crippen LogP contribution in [0.15, 0.2) is 66.2 Å². The third-order valence-corrected chi connectivity index (χ3v) is 6.20. The normalized spacial score (nSPS) is 13.1. The molecule has 0 unspecified atom stereocenters. The van der Waals surface area contributed by atoms with E-state index >= 15 is 0 Å². The smallest absolute Gasteiger partial charge is 0.336 e. The van der Waals surface area contributed by atoms with Gasteiger partial charge in [-0.15, -0.1) is 0 Å². The van der Waals surface area contributed by atoms with Crippen molar-refractivity contribution in [1.29, 1.82) is 0 Å². The summed E-state index contributed by atoms with van der Waals surface area (Å²) in [5.41, 5.74) is 2.75. The van der Waals surface area contributed by atoms with E-state index in [1.165, 1.54) is 0 Å². The van der Waals surface area contributed by atoms with E-state index in [1.54, 1.807) is 60.7 Å². The summed E-state index contributed by atoms with van der Waals surface area (Å²) in [5.74, 6) is 0.194. The Balaban J connectivity index is 1.62. The SMILES string of the molecule is CC(C)Oc1ccc(C(=O)/C(Cc2ccc3c(c2)OCO3)=C(/C(=O)O)c2ccc3nsnc3c2)cc1. The summed E-state index contributed by atoms with van der Waals surface area (Å²) in [6.45, 7) is 3.95. The number of allylic oxidation sites excluding steroid dienone is 1. The van der Waals surface area contributed by atoms with Crippen LogP contribution in [0.1, 0.15) is 35.3 Å². The number of hydrogen-bond donors (Lipinski definition) is 1. The van der Waals surface area contributed by atoms with Crippen LogP contribution >= 0.6 is 11.7 Å². The maximum atomic E-state index is 13.8. The van der Waals surface area contributed by atoms with Crippen LogP contribution < -0.4 is 14.2 Å². The standard InChI is InChI=1S/C27H22N2O6S/c1-15(2)35-19-7-4-17(5-8-19)26(30)20(11-16-3-10-23-24(12-16)34-14-33-23)25(27(31)32)18-6-9-21-22(13-18)29-36-28-21/h3-10,12-13,15H,11,14H2,1-2H3,(H,31,32)/b25-20+. The summed E-state index contributed by atoms with van der Waals surface area (Å²) in [6, 6.07) is 17.0. The molecule has 0 saturated carbocycles. The average molecular weight is 503 g/mol. The second kappa shape index (κ2) is 9.79. The molecule has 2 heterocycles. The molecule has 5 rings (SSSR count). The maximum Gasteiger partial charge on any atom is 0.336 e. The molecular weight excluding hydrogens is 480 g/mol. The summed E-state index contributed by atoms with van der Waals surface area (Å²) in [7, 11) is 0. The second-order valence-corrected chi connectivity index (χ2v) is 9.04. The molecule has 0 fully saturated rings. The van der Waals surface area contributed by atoms with Gasteiger partial charge in [-0.05, 0) is 73.5 Å². The van der Waals surface area contributed by atoms with Gasteiger partial charge in [-0.3, -0.25) is 4.79 Å². The van der Waals surface area contributed by atoms with Crippen molar-refractivity contribution in [2.45, 2.75) is 26.4 Å². The minimum Gasteiger partial charge on any atom is -0.491 e. The number of carbonyl (C=O) groups is 2. The third kappa shape index (κ3) is 4.78. The number of ketones is 1. The monoisotopic (exact) mass is 502 g/mol. The highest BCUT2D eigenvalue weighted by atomic mass is 32.1. The second-order valence-electron chi connectivity index (χ2n) is 8.51. The van der Waals surface area contributed by atoms with Gasteiger partial charge >= 0.3 is 5.97 Å². The van der Waals surface area contributed by atoms with Crippen LogP contribution in [-0.2, 0) is 11.2 Å². The largest absolute Gasteiger partial charge is 0.491 e. The van der Waals surface area contributed by atoms with E-state index < -0.39 is 11.8 Å². The number of ether oxygens (including phenoxy) is 3. The molecule has 182 valence electrons. The zero-order valence-corrected chi connectivity index (χ0v) is 20.4. The zero-order chi connectivity index (χ0) is 25.2. The lowest BCUT2D eigenvalue weighted by molar-refractivity contribution is -0.130. The van der Waals surface area contributed by atoms with E-state index in [2.05, 4.69) is 8.75 Å². The number of hydrogen-bond acceptors (Lipinski definition) is 8. The van der Waals surface area contributed by atoms with E-state index in [0.29, 0.717) is 39.4 Å². The number of rotatable bonds is 8. The van der Waals surface area contributed by atoms with Crippen molar-refractivity contribution in [3.05, 3.63) is 82.9 Å². The highest BCUT2D eigenvalue weighted by Gasteiger charge is 2.25. The van der Waals surface area contributed by atoms with E-state index in [4.69, 9.17) is 14.2 Å². The van der Waals surface area contributed by atoms with Crippen molar-refractivity contribution in [2.24, 2.45) is 0 Å². The fourth-order valence-corrected chi connectivity index (χ4v) is 4.55. The van der Waals surface area contributed by atoms with Gasteiger partial charge in [0.2, 0.25) is 6.79 Å². The Morgan fingerprint density at radius 3 is 2.42 bits per heavy atom. The van der Waals surface area contributed by atoms with Gasteiger partial charge in [0, 0.05) is 17.6 Å². The number of carboxylic acids is 1. The van der Waals surface area contributed by atoms with Crippen LogP contribution in [0.5, 0.6) is 17.2 Å². The number of aromatic nitrogens is 2. The number of aliphatic carboxylic acids is 1. The van der Waals surface area contributed by atoms with Gasteiger partial charge in [-0.2, -0.15) is 8.75 Å². The molecule has 0 amide bonds. The number of Topliss-reactive ketones (excluding diaryl/α,β-unsaturated/α-hetero) is 1. The zero-order valence-electron chi connectivity index (χ0n) is 19.6. The molecule has 0 spiro atoms. The van der Waals surface area contributed by atoms with E-state index in [9.17, 15) is 14.7 Å². The molecule has 0 aliphatic carbocycles. The molecule has 0 atom stereocenters. The molecule has 4 aromatic rings. The van der Waals surface area contributed by atoms with Crippen molar-refractivity contribution < 1.29 is 28.9 Å². The van der Waals surface area contributed by atoms with Crippen molar-refractivity contribution in [1.82, 2.24) is 8.75 Å². The van der Waals surface area contributed by atoms with Crippen molar-refractivity contribution >= 4 is 40.1 Å². The first-order valence-corrected chi connectivity index (χ1v) is 12.0.